The Morgan fingerprint density at radius 3 is 2.58 bits per heavy atom. The molecule has 6 heteroatoms. The minimum absolute atomic E-state index is 0.0956. The fourth-order valence-electron chi connectivity index (χ4n) is 1.45. The van der Waals surface area contributed by atoms with Crippen molar-refractivity contribution in [1.82, 2.24) is 4.98 Å². The van der Waals surface area contributed by atoms with E-state index in [0.29, 0.717) is 0 Å². The molecular weight excluding hydrogens is 254 g/mol. The van der Waals surface area contributed by atoms with Gasteiger partial charge in [-0.05, 0) is 24.3 Å². The summed E-state index contributed by atoms with van der Waals surface area (Å²) < 4.78 is 28.7. The van der Waals surface area contributed by atoms with Gasteiger partial charge in [-0.25, -0.2) is 0 Å². The number of alkyl halides is 2. The number of rotatable bonds is 4. The molecule has 4 nitrogen and oxygen atoms in total. The predicted molar refractivity (Wildman–Crippen MR) is 65.3 cm³/mol. The standard InChI is InChI=1S/C13H10F2N2O2/c14-13(15)19-11-7-2-1-5-9(11)17-12(18)10-6-3-4-8-16-10/h1-8,13H,(H,17,18). The lowest BCUT2D eigenvalue weighted by molar-refractivity contribution is -0.0493. The topological polar surface area (TPSA) is 51.2 Å². The van der Waals surface area contributed by atoms with Crippen LogP contribution in [0.3, 0.4) is 0 Å². The molecule has 0 atom stereocenters. The van der Waals surface area contributed by atoms with E-state index in [1.165, 1.54) is 30.5 Å². The summed E-state index contributed by atoms with van der Waals surface area (Å²) in [6, 6.07) is 10.8. The third-order valence-electron chi connectivity index (χ3n) is 2.25. The van der Waals surface area contributed by atoms with Crippen LogP contribution in [-0.4, -0.2) is 17.5 Å². The van der Waals surface area contributed by atoms with Gasteiger partial charge in [-0.15, -0.1) is 0 Å². The molecule has 0 saturated heterocycles. The minimum atomic E-state index is -2.95. The molecule has 1 aromatic heterocycles. The number of halogens is 2. The number of para-hydroxylation sites is 2. The lowest BCUT2D eigenvalue weighted by atomic mass is 10.2. The summed E-state index contributed by atoms with van der Waals surface area (Å²) in [6.45, 7) is -2.95. The number of carbonyl (C=O) groups excluding carboxylic acids is 1. The van der Waals surface area contributed by atoms with Crippen LogP contribution in [0.2, 0.25) is 0 Å². The van der Waals surface area contributed by atoms with E-state index in [1.54, 1.807) is 18.2 Å². The number of hydrogen-bond acceptors (Lipinski definition) is 3. The van der Waals surface area contributed by atoms with Gasteiger partial charge < -0.3 is 10.1 Å². The highest BCUT2D eigenvalue weighted by molar-refractivity contribution is 6.03. The van der Waals surface area contributed by atoms with Gasteiger partial charge >= 0.3 is 6.61 Å². The molecule has 0 bridgehead atoms. The Balaban J connectivity index is 2.17. The van der Waals surface area contributed by atoms with Crippen LogP contribution in [0.15, 0.2) is 48.7 Å². The number of hydrogen-bond donors (Lipinski definition) is 1. The molecule has 1 amide bonds. The predicted octanol–water partition coefficient (Wildman–Crippen LogP) is 2.94. The second kappa shape index (κ2) is 5.90. The molecule has 0 spiro atoms. The van der Waals surface area contributed by atoms with Crippen molar-refractivity contribution in [1.29, 1.82) is 0 Å². The summed E-state index contributed by atoms with van der Waals surface area (Å²) in [5.74, 6) is -0.590. The molecule has 0 aliphatic carbocycles. The average molecular weight is 264 g/mol. The Kier molecular flexibility index (Phi) is 4.02. The SMILES string of the molecule is O=C(Nc1ccccc1OC(F)F)c1ccccn1. The van der Waals surface area contributed by atoms with Gasteiger partial charge in [-0.1, -0.05) is 18.2 Å². The van der Waals surface area contributed by atoms with Gasteiger partial charge in [0.05, 0.1) is 5.69 Å². The Morgan fingerprint density at radius 2 is 1.89 bits per heavy atom. The molecular formula is C13H10F2N2O2. The summed E-state index contributed by atoms with van der Waals surface area (Å²) in [5, 5.41) is 2.47. The molecule has 0 aliphatic heterocycles. The first-order valence-corrected chi connectivity index (χ1v) is 5.43. The van der Waals surface area contributed by atoms with Crippen molar-refractivity contribution < 1.29 is 18.3 Å². The fourth-order valence-corrected chi connectivity index (χ4v) is 1.45. The molecule has 1 N–H and O–H groups in total. The van der Waals surface area contributed by atoms with Crippen molar-refractivity contribution in [2.24, 2.45) is 0 Å². The maximum Gasteiger partial charge on any atom is 0.387 e. The molecule has 98 valence electrons. The lowest BCUT2D eigenvalue weighted by Crippen LogP contribution is -2.15. The second-order valence-electron chi connectivity index (χ2n) is 3.54. The number of amides is 1. The van der Waals surface area contributed by atoms with Crippen molar-refractivity contribution in [3.05, 3.63) is 54.4 Å². The molecule has 1 heterocycles. The number of nitrogens with one attached hydrogen (secondary N) is 1. The van der Waals surface area contributed by atoms with Gasteiger partial charge in [0.1, 0.15) is 11.4 Å². The molecule has 19 heavy (non-hydrogen) atoms. The number of pyridine rings is 1. The highest BCUT2D eigenvalue weighted by atomic mass is 19.3. The van der Waals surface area contributed by atoms with Crippen molar-refractivity contribution in [3.8, 4) is 5.75 Å². The van der Waals surface area contributed by atoms with Crippen LogP contribution < -0.4 is 10.1 Å². The minimum Gasteiger partial charge on any atom is -0.433 e. The van der Waals surface area contributed by atoms with E-state index in [9.17, 15) is 13.6 Å². The van der Waals surface area contributed by atoms with Gasteiger partial charge in [0, 0.05) is 6.20 Å². The zero-order valence-corrected chi connectivity index (χ0v) is 9.72. The average Bonchev–Trinajstić information content (AvgIpc) is 2.41. The van der Waals surface area contributed by atoms with Gasteiger partial charge in [-0.3, -0.25) is 9.78 Å². The highest BCUT2D eigenvalue weighted by Gasteiger charge is 2.12. The van der Waals surface area contributed by atoms with Crippen molar-refractivity contribution in [2.75, 3.05) is 5.32 Å². The van der Waals surface area contributed by atoms with Crippen LogP contribution in [0.25, 0.3) is 0 Å². The lowest BCUT2D eigenvalue weighted by Gasteiger charge is -2.11. The smallest absolute Gasteiger partial charge is 0.387 e. The number of aromatic nitrogens is 1. The van der Waals surface area contributed by atoms with Crippen LogP contribution in [0.1, 0.15) is 10.5 Å². The third-order valence-corrected chi connectivity index (χ3v) is 2.25. The Bertz CT molecular complexity index is 562. The Hall–Kier alpha value is -2.50. The monoisotopic (exact) mass is 264 g/mol. The van der Waals surface area contributed by atoms with E-state index in [0.717, 1.165) is 0 Å². The van der Waals surface area contributed by atoms with E-state index < -0.39 is 12.5 Å². The summed E-state index contributed by atoms with van der Waals surface area (Å²) in [5.41, 5.74) is 0.354. The quantitative estimate of drug-likeness (QED) is 0.923. The molecule has 0 unspecified atom stereocenters. The van der Waals surface area contributed by atoms with Gasteiger partial charge in [0.25, 0.3) is 5.91 Å². The van der Waals surface area contributed by atoms with Gasteiger partial charge in [0.15, 0.2) is 0 Å². The first kappa shape index (κ1) is 12.9. The van der Waals surface area contributed by atoms with Crippen LogP contribution >= 0.6 is 0 Å². The summed E-state index contributed by atoms with van der Waals surface area (Å²) in [7, 11) is 0. The third kappa shape index (κ3) is 3.48. The van der Waals surface area contributed by atoms with Crippen LogP contribution in [0, 0.1) is 0 Å². The largest absolute Gasteiger partial charge is 0.433 e. The molecule has 2 aromatic rings. The van der Waals surface area contributed by atoms with Crippen molar-refractivity contribution >= 4 is 11.6 Å². The van der Waals surface area contributed by atoms with Crippen molar-refractivity contribution in [3.63, 3.8) is 0 Å². The summed E-state index contributed by atoms with van der Waals surface area (Å²) >= 11 is 0. The molecule has 2 rings (SSSR count). The van der Waals surface area contributed by atoms with Gasteiger partial charge in [0.2, 0.25) is 0 Å². The molecule has 0 fully saturated rings. The Morgan fingerprint density at radius 1 is 1.16 bits per heavy atom. The zero-order valence-electron chi connectivity index (χ0n) is 9.72. The second-order valence-corrected chi connectivity index (χ2v) is 3.54. The summed E-state index contributed by atoms with van der Waals surface area (Å²) in [6.07, 6.45) is 1.47. The number of benzene rings is 1. The summed E-state index contributed by atoms with van der Waals surface area (Å²) in [4.78, 5) is 15.7. The molecule has 0 radical (unpaired) electrons. The highest BCUT2D eigenvalue weighted by Crippen LogP contribution is 2.25. The normalized spacial score (nSPS) is 10.3. The zero-order chi connectivity index (χ0) is 13.7. The van der Waals surface area contributed by atoms with E-state index in [1.807, 2.05) is 0 Å². The van der Waals surface area contributed by atoms with E-state index >= 15 is 0 Å². The molecule has 0 saturated carbocycles. The first-order valence-electron chi connectivity index (χ1n) is 5.43. The van der Waals surface area contributed by atoms with Crippen LogP contribution in [0.4, 0.5) is 14.5 Å². The van der Waals surface area contributed by atoms with Gasteiger partial charge in [-0.2, -0.15) is 8.78 Å². The molecule has 0 aliphatic rings. The van der Waals surface area contributed by atoms with Crippen LogP contribution in [-0.2, 0) is 0 Å². The van der Waals surface area contributed by atoms with E-state index in [2.05, 4.69) is 15.0 Å². The van der Waals surface area contributed by atoms with E-state index in [-0.39, 0.29) is 17.1 Å². The first-order chi connectivity index (χ1) is 9.16. The fraction of sp³-hybridized carbons (Fsp3) is 0.0769. The van der Waals surface area contributed by atoms with Crippen molar-refractivity contribution in [2.45, 2.75) is 6.61 Å². The van der Waals surface area contributed by atoms with Crippen LogP contribution in [0.5, 0.6) is 5.75 Å². The number of anilines is 1. The van der Waals surface area contributed by atoms with E-state index in [4.69, 9.17) is 0 Å². The maximum absolute atomic E-state index is 12.2. The Labute approximate surface area is 108 Å². The number of carbonyl (C=O) groups is 1. The maximum atomic E-state index is 12.2. The number of nitrogens with zero attached hydrogens (tertiary/aromatic N) is 1. The number of ether oxygens (including phenoxy) is 1. The molecule has 1 aromatic carbocycles.